The molecule has 1 atom stereocenters. The second-order valence-corrected chi connectivity index (χ2v) is 7.42. The molecule has 0 saturated carbocycles. The molecule has 5 nitrogen and oxygen atoms in total. The standard InChI is InChI=1S/C22H29N3O2/c1-16(2)19-7-6-8-20(13-19)27-17(3)22(26)24-15-18-9-10-21(23-14-18)25-11-4-5-12-25/h6-10,13-14,16-17H,4-5,11-12,15H2,1-3H3,(H,24,26). The van der Waals surface area contributed by atoms with Gasteiger partial charge in [-0.15, -0.1) is 0 Å². The first-order chi connectivity index (χ1) is 13.0. The smallest absolute Gasteiger partial charge is 0.261 e. The average Bonchev–Trinajstić information content (AvgIpc) is 3.21. The van der Waals surface area contributed by atoms with Crippen molar-refractivity contribution in [3.63, 3.8) is 0 Å². The van der Waals surface area contributed by atoms with E-state index in [0.29, 0.717) is 12.5 Å². The van der Waals surface area contributed by atoms with Gasteiger partial charge in [0.25, 0.3) is 5.91 Å². The number of amides is 1. The monoisotopic (exact) mass is 367 g/mol. The zero-order valence-corrected chi connectivity index (χ0v) is 16.4. The van der Waals surface area contributed by atoms with Crippen LogP contribution in [0.4, 0.5) is 5.82 Å². The zero-order chi connectivity index (χ0) is 19.2. The number of aromatic nitrogens is 1. The summed E-state index contributed by atoms with van der Waals surface area (Å²) in [6.45, 7) is 8.65. The van der Waals surface area contributed by atoms with Crippen molar-refractivity contribution in [2.75, 3.05) is 18.0 Å². The molecule has 5 heteroatoms. The van der Waals surface area contributed by atoms with E-state index in [2.05, 4.69) is 35.1 Å². The molecule has 0 radical (unpaired) electrons. The van der Waals surface area contributed by atoms with Crippen LogP contribution in [-0.4, -0.2) is 30.1 Å². The normalized spacial score (nSPS) is 15.0. The minimum atomic E-state index is -0.552. The summed E-state index contributed by atoms with van der Waals surface area (Å²) in [5.41, 5.74) is 2.18. The van der Waals surface area contributed by atoms with Crippen LogP contribution in [0.3, 0.4) is 0 Å². The molecule has 1 unspecified atom stereocenters. The molecule has 1 aromatic carbocycles. The summed E-state index contributed by atoms with van der Waals surface area (Å²) in [6.07, 6.45) is 3.75. The van der Waals surface area contributed by atoms with E-state index in [4.69, 9.17) is 4.74 Å². The molecule has 0 spiro atoms. The van der Waals surface area contributed by atoms with Gasteiger partial charge in [0, 0.05) is 25.8 Å². The molecule has 1 amide bonds. The Morgan fingerprint density at radius 1 is 1.19 bits per heavy atom. The van der Waals surface area contributed by atoms with Crippen molar-refractivity contribution in [3.05, 3.63) is 53.7 Å². The summed E-state index contributed by atoms with van der Waals surface area (Å²) in [5.74, 6) is 2.03. The van der Waals surface area contributed by atoms with E-state index in [1.165, 1.54) is 18.4 Å². The van der Waals surface area contributed by atoms with Crippen molar-refractivity contribution in [2.45, 2.75) is 52.2 Å². The molecule has 1 aliphatic heterocycles. The SMILES string of the molecule is CC(Oc1cccc(C(C)C)c1)C(=O)NCc1ccc(N2CCCC2)nc1. The first-order valence-corrected chi connectivity index (χ1v) is 9.77. The number of carbonyl (C=O) groups is 1. The molecular weight excluding hydrogens is 338 g/mol. The highest BCUT2D eigenvalue weighted by molar-refractivity contribution is 5.80. The van der Waals surface area contributed by atoms with Gasteiger partial charge < -0.3 is 15.0 Å². The fourth-order valence-electron chi connectivity index (χ4n) is 3.19. The van der Waals surface area contributed by atoms with Crippen molar-refractivity contribution in [1.82, 2.24) is 10.3 Å². The molecule has 1 aromatic heterocycles. The summed E-state index contributed by atoms with van der Waals surface area (Å²) in [5, 5.41) is 2.93. The average molecular weight is 367 g/mol. The Bertz CT molecular complexity index is 752. The highest BCUT2D eigenvalue weighted by Gasteiger charge is 2.16. The van der Waals surface area contributed by atoms with E-state index in [9.17, 15) is 4.79 Å². The lowest BCUT2D eigenvalue weighted by atomic mass is 10.0. The lowest BCUT2D eigenvalue weighted by Gasteiger charge is -2.17. The maximum atomic E-state index is 12.4. The van der Waals surface area contributed by atoms with Crippen molar-refractivity contribution in [1.29, 1.82) is 0 Å². The van der Waals surface area contributed by atoms with E-state index >= 15 is 0 Å². The van der Waals surface area contributed by atoms with Crippen LogP contribution in [0.1, 0.15) is 50.7 Å². The first kappa shape index (κ1) is 19.2. The van der Waals surface area contributed by atoms with Crippen LogP contribution in [0.2, 0.25) is 0 Å². The van der Waals surface area contributed by atoms with E-state index in [1.54, 1.807) is 6.92 Å². The summed E-state index contributed by atoms with van der Waals surface area (Å²) in [4.78, 5) is 19.2. The van der Waals surface area contributed by atoms with Crippen LogP contribution >= 0.6 is 0 Å². The molecule has 1 N–H and O–H groups in total. The van der Waals surface area contributed by atoms with Crippen molar-refractivity contribution >= 4 is 11.7 Å². The minimum absolute atomic E-state index is 0.131. The Hall–Kier alpha value is -2.56. The Labute approximate surface area is 161 Å². The summed E-state index contributed by atoms with van der Waals surface area (Å²) in [7, 11) is 0. The number of nitrogens with zero attached hydrogens (tertiary/aromatic N) is 2. The molecule has 1 fully saturated rings. The Balaban J connectivity index is 1.50. The maximum Gasteiger partial charge on any atom is 0.261 e. The predicted molar refractivity (Wildman–Crippen MR) is 108 cm³/mol. The molecular formula is C22H29N3O2. The highest BCUT2D eigenvalue weighted by Crippen LogP contribution is 2.21. The number of hydrogen-bond acceptors (Lipinski definition) is 4. The van der Waals surface area contributed by atoms with E-state index in [-0.39, 0.29) is 5.91 Å². The van der Waals surface area contributed by atoms with Gasteiger partial charge in [-0.05, 0) is 55.0 Å². The predicted octanol–water partition coefficient (Wildman–Crippen LogP) is 3.89. The Morgan fingerprint density at radius 3 is 2.63 bits per heavy atom. The van der Waals surface area contributed by atoms with E-state index < -0.39 is 6.10 Å². The summed E-state index contributed by atoms with van der Waals surface area (Å²) >= 11 is 0. The first-order valence-electron chi connectivity index (χ1n) is 9.77. The topological polar surface area (TPSA) is 54.5 Å². The van der Waals surface area contributed by atoms with Gasteiger partial charge >= 0.3 is 0 Å². The third-order valence-electron chi connectivity index (χ3n) is 4.91. The van der Waals surface area contributed by atoms with Gasteiger partial charge in [0.15, 0.2) is 6.10 Å². The van der Waals surface area contributed by atoms with Crippen LogP contribution in [0.15, 0.2) is 42.6 Å². The van der Waals surface area contributed by atoms with Gasteiger partial charge in [0.05, 0.1) is 0 Å². The molecule has 0 aliphatic carbocycles. The molecule has 1 saturated heterocycles. The lowest BCUT2D eigenvalue weighted by molar-refractivity contribution is -0.127. The number of nitrogens with one attached hydrogen (secondary N) is 1. The van der Waals surface area contributed by atoms with Crippen LogP contribution in [0.5, 0.6) is 5.75 Å². The van der Waals surface area contributed by atoms with Gasteiger partial charge in [0.2, 0.25) is 0 Å². The second-order valence-electron chi connectivity index (χ2n) is 7.42. The number of anilines is 1. The van der Waals surface area contributed by atoms with Crippen molar-refractivity contribution in [3.8, 4) is 5.75 Å². The van der Waals surface area contributed by atoms with Gasteiger partial charge in [-0.1, -0.05) is 32.0 Å². The fourth-order valence-corrected chi connectivity index (χ4v) is 3.19. The van der Waals surface area contributed by atoms with Gasteiger partial charge in [0.1, 0.15) is 11.6 Å². The maximum absolute atomic E-state index is 12.4. The number of benzene rings is 1. The second kappa shape index (κ2) is 8.89. The van der Waals surface area contributed by atoms with E-state index in [1.807, 2.05) is 36.5 Å². The molecule has 0 bridgehead atoms. The molecule has 2 aromatic rings. The molecule has 144 valence electrons. The van der Waals surface area contributed by atoms with Crippen LogP contribution in [0.25, 0.3) is 0 Å². The zero-order valence-electron chi connectivity index (χ0n) is 16.4. The number of carbonyl (C=O) groups excluding carboxylic acids is 1. The number of pyridine rings is 1. The lowest BCUT2D eigenvalue weighted by Crippen LogP contribution is -2.36. The highest BCUT2D eigenvalue weighted by atomic mass is 16.5. The van der Waals surface area contributed by atoms with Crippen LogP contribution < -0.4 is 15.0 Å². The molecule has 27 heavy (non-hydrogen) atoms. The van der Waals surface area contributed by atoms with Crippen molar-refractivity contribution < 1.29 is 9.53 Å². The fraction of sp³-hybridized carbons (Fsp3) is 0.455. The number of rotatable bonds is 7. The van der Waals surface area contributed by atoms with Gasteiger partial charge in [-0.3, -0.25) is 4.79 Å². The Morgan fingerprint density at radius 2 is 1.96 bits per heavy atom. The molecule has 1 aliphatic rings. The molecule has 2 heterocycles. The van der Waals surface area contributed by atoms with Gasteiger partial charge in [-0.25, -0.2) is 4.98 Å². The quantitative estimate of drug-likeness (QED) is 0.807. The van der Waals surface area contributed by atoms with Gasteiger partial charge in [-0.2, -0.15) is 0 Å². The number of hydrogen-bond donors (Lipinski definition) is 1. The number of ether oxygens (including phenoxy) is 1. The summed E-state index contributed by atoms with van der Waals surface area (Å²) < 4.78 is 5.81. The molecule has 3 rings (SSSR count). The Kier molecular flexibility index (Phi) is 6.32. The third kappa shape index (κ3) is 5.22. The minimum Gasteiger partial charge on any atom is -0.481 e. The third-order valence-corrected chi connectivity index (χ3v) is 4.91. The van der Waals surface area contributed by atoms with E-state index in [0.717, 1.165) is 30.2 Å². The largest absolute Gasteiger partial charge is 0.481 e. The summed E-state index contributed by atoms with van der Waals surface area (Å²) in [6, 6.07) is 12.0. The van der Waals surface area contributed by atoms with Crippen LogP contribution in [-0.2, 0) is 11.3 Å². The van der Waals surface area contributed by atoms with Crippen LogP contribution in [0, 0.1) is 0 Å². The van der Waals surface area contributed by atoms with Crippen molar-refractivity contribution in [2.24, 2.45) is 0 Å².